The van der Waals surface area contributed by atoms with Gasteiger partial charge in [0, 0.05) is 11.5 Å². The van der Waals surface area contributed by atoms with Crippen molar-refractivity contribution in [3.05, 3.63) is 46.3 Å². The van der Waals surface area contributed by atoms with Crippen LogP contribution in [0.15, 0.2) is 35.4 Å². The number of benzene rings is 1. The van der Waals surface area contributed by atoms with Crippen molar-refractivity contribution in [3.8, 4) is 0 Å². The minimum Gasteiger partial charge on any atom is -0.479 e. The summed E-state index contributed by atoms with van der Waals surface area (Å²) < 4.78 is 5.37. The molecule has 0 aliphatic carbocycles. The molecule has 0 saturated heterocycles. The van der Waals surface area contributed by atoms with Crippen molar-refractivity contribution in [2.45, 2.75) is 19.6 Å². The third kappa shape index (κ3) is 4.45. The molecule has 18 heavy (non-hydrogen) atoms. The van der Waals surface area contributed by atoms with Gasteiger partial charge in [-0.15, -0.1) is 0 Å². The fourth-order valence-corrected chi connectivity index (χ4v) is 1.50. The Labute approximate surface area is 105 Å². The number of nitrogens with zero attached hydrogens (tertiary/aromatic N) is 3. The summed E-state index contributed by atoms with van der Waals surface area (Å²) in [7, 11) is 0. The highest BCUT2D eigenvalue weighted by atomic mass is 16.5. The van der Waals surface area contributed by atoms with Gasteiger partial charge in [0.2, 0.25) is 0 Å². The van der Waals surface area contributed by atoms with E-state index in [2.05, 4.69) is 10.0 Å². The van der Waals surface area contributed by atoms with Gasteiger partial charge in [-0.05, 0) is 17.0 Å². The zero-order valence-corrected chi connectivity index (χ0v) is 10.1. The summed E-state index contributed by atoms with van der Waals surface area (Å²) in [5, 5.41) is 12.4. The average molecular weight is 249 g/mol. The molecule has 0 fully saturated rings. The molecule has 0 heterocycles. The van der Waals surface area contributed by atoms with Gasteiger partial charge in [0.25, 0.3) is 0 Å². The van der Waals surface area contributed by atoms with Crippen LogP contribution in [-0.2, 0) is 16.1 Å². The zero-order chi connectivity index (χ0) is 13.4. The van der Waals surface area contributed by atoms with Gasteiger partial charge in [0.15, 0.2) is 6.10 Å². The summed E-state index contributed by atoms with van der Waals surface area (Å²) >= 11 is 0. The molecule has 0 aliphatic rings. The number of carboxylic acid groups (broad SMARTS) is 1. The lowest BCUT2D eigenvalue weighted by Crippen LogP contribution is -2.32. The number of azide groups is 1. The molecule has 1 N–H and O–H groups in total. The third-order valence-corrected chi connectivity index (χ3v) is 2.47. The molecule has 0 amide bonds. The standard InChI is InChI=1S/C12H15N3O3/c1-9(7-14-15-13)11(12(16)17)18-8-10-5-3-2-4-6-10/h2-6,9,11H,7-8H2,1H3,(H,16,17). The molecule has 0 bridgehead atoms. The monoisotopic (exact) mass is 249 g/mol. The molecule has 2 unspecified atom stereocenters. The maximum atomic E-state index is 11.1. The summed E-state index contributed by atoms with van der Waals surface area (Å²) in [6.07, 6.45) is -0.976. The Morgan fingerprint density at radius 1 is 1.50 bits per heavy atom. The zero-order valence-electron chi connectivity index (χ0n) is 10.1. The van der Waals surface area contributed by atoms with E-state index in [1.165, 1.54) is 0 Å². The molecule has 0 spiro atoms. The summed E-state index contributed by atoms with van der Waals surface area (Å²) in [6, 6.07) is 9.31. The van der Waals surface area contributed by atoms with E-state index in [9.17, 15) is 4.79 Å². The highest BCUT2D eigenvalue weighted by Gasteiger charge is 2.24. The summed E-state index contributed by atoms with van der Waals surface area (Å²) in [4.78, 5) is 13.7. The van der Waals surface area contributed by atoms with Crippen molar-refractivity contribution in [1.82, 2.24) is 0 Å². The first-order chi connectivity index (χ1) is 8.65. The molecule has 2 atom stereocenters. The first-order valence-electron chi connectivity index (χ1n) is 5.54. The summed E-state index contributed by atoms with van der Waals surface area (Å²) in [6.45, 7) is 2.00. The normalized spacial score (nSPS) is 13.4. The van der Waals surface area contributed by atoms with Crippen LogP contribution in [-0.4, -0.2) is 23.7 Å². The summed E-state index contributed by atoms with van der Waals surface area (Å²) in [5.41, 5.74) is 9.12. The van der Waals surface area contributed by atoms with Crippen LogP contribution in [0.1, 0.15) is 12.5 Å². The van der Waals surface area contributed by atoms with E-state index in [0.29, 0.717) is 0 Å². The van der Waals surface area contributed by atoms with Gasteiger partial charge in [-0.2, -0.15) is 0 Å². The lowest BCUT2D eigenvalue weighted by Gasteiger charge is -2.19. The smallest absolute Gasteiger partial charge is 0.333 e. The molecular weight excluding hydrogens is 234 g/mol. The number of hydrogen-bond donors (Lipinski definition) is 1. The minimum absolute atomic E-state index is 0.0995. The van der Waals surface area contributed by atoms with Crippen LogP contribution in [0.5, 0.6) is 0 Å². The van der Waals surface area contributed by atoms with Gasteiger partial charge in [-0.1, -0.05) is 42.4 Å². The summed E-state index contributed by atoms with van der Waals surface area (Å²) in [5.74, 6) is -1.42. The van der Waals surface area contributed by atoms with Crippen LogP contribution in [0.25, 0.3) is 10.4 Å². The molecule has 0 radical (unpaired) electrons. The van der Waals surface area contributed by atoms with E-state index in [1.807, 2.05) is 30.3 Å². The number of hydrogen-bond acceptors (Lipinski definition) is 3. The van der Waals surface area contributed by atoms with Crippen LogP contribution < -0.4 is 0 Å². The van der Waals surface area contributed by atoms with Gasteiger partial charge in [0.1, 0.15) is 0 Å². The largest absolute Gasteiger partial charge is 0.479 e. The first kappa shape index (κ1) is 14.0. The molecule has 1 aromatic carbocycles. The Morgan fingerprint density at radius 2 is 2.17 bits per heavy atom. The van der Waals surface area contributed by atoms with Crippen molar-refractivity contribution < 1.29 is 14.6 Å². The fraction of sp³-hybridized carbons (Fsp3) is 0.417. The van der Waals surface area contributed by atoms with Gasteiger partial charge in [-0.25, -0.2) is 4.79 Å². The molecule has 0 aliphatic heterocycles. The van der Waals surface area contributed by atoms with E-state index in [-0.39, 0.29) is 19.1 Å². The number of rotatable bonds is 7. The number of ether oxygens (including phenoxy) is 1. The van der Waals surface area contributed by atoms with E-state index < -0.39 is 12.1 Å². The Bertz CT molecular complexity index is 429. The predicted octanol–water partition coefficient (Wildman–Crippen LogP) is 2.60. The van der Waals surface area contributed by atoms with Gasteiger partial charge < -0.3 is 9.84 Å². The Morgan fingerprint density at radius 3 is 2.72 bits per heavy atom. The first-order valence-corrected chi connectivity index (χ1v) is 5.54. The number of aliphatic carboxylic acids is 1. The van der Waals surface area contributed by atoms with E-state index in [1.54, 1.807) is 6.92 Å². The molecule has 96 valence electrons. The molecule has 0 saturated carbocycles. The van der Waals surface area contributed by atoms with E-state index in [4.69, 9.17) is 15.4 Å². The molecule has 6 nitrogen and oxygen atoms in total. The minimum atomic E-state index is -1.05. The van der Waals surface area contributed by atoms with E-state index in [0.717, 1.165) is 5.56 Å². The Balaban J connectivity index is 2.58. The topological polar surface area (TPSA) is 95.3 Å². The lowest BCUT2D eigenvalue weighted by atomic mass is 10.1. The van der Waals surface area contributed by atoms with Crippen LogP contribution in [0, 0.1) is 5.92 Å². The van der Waals surface area contributed by atoms with Crippen LogP contribution >= 0.6 is 0 Å². The Hall–Kier alpha value is -2.04. The molecule has 1 aromatic rings. The number of carbonyl (C=O) groups is 1. The Kier molecular flexibility index (Phi) is 5.70. The van der Waals surface area contributed by atoms with E-state index >= 15 is 0 Å². The van der Waals surface area contributed by atoms with Gasteiger partial charge in [-0.3, -0.25) is 0 Å². The van der Waals surface area contributed by atoms with Crippen LogP contribution in [0.3, 0.4) is 0 Å². The van der Waals surface area contributed by atoms with Crippen molar-refractivity contribution in [2.24, 2.45) is 11.0 Å². The molecule has 6 heteroatoms. The van der Waals surface area contributed by atoms with Crippen molar-refractivity contribution in [2.75, 3.05) is 6.54 Å². The SMILES string of the molecule is CC(CN=[N+]=[N-])C(OCc1ccccc1)C(=O)O. The highest BCUT2D eigenvalue weighted by molar-refractivity contribution is 5.72. The molecular formula is C12H15N3O3. The maximum absolute atomic E-state index is 11.1. The van der Waals surface area contributed by atoms with Gasteiger partial charge >= 0.3 is 5.97 Å². The second-order valence-electron chi connectivity index (χ2n) is 3.95. The quantitative estimate of drug-likeness (QED) is 0.457. The lowest BCUT2D eigenvalue weighted by molar-refractivity contribution is -0.154. The second-order valence-corrected chi connectivity index (χ2v) is 3.95. The maximum Gasteiger partial charge on any atom is 0.333 e. The second kappa shape index (κ2) is 7.32. The number of carboxylic acids is 1. The van der Waals surface area contributed by atoms with Gasteiger partial charge in [0.05, 0.1) is 6.61 Å². The van der Waals surface area contributed by atoms with Crippen LogP contribution in [0.4, 0.5) is 0 Å². The fourth-order valence-electron chi connectivity index (χ4n) is 1.50. The van der Waals surface area contributed by atoms with Crippen molar-refractivity contribution in [1.29, 1.82) is 0 Å². The molecule has 0 aromatic heterocycles. The highest BCUT2D eigenvalue weighted by Crippen LogP contribution is 2.12. The van der Waals surface area contributed by atoms with Crippen LogP contribution in [0.2, 0.25) is 0 Å². The third-order valence-electron chi connectivity index (χ3n) is 2.47. The van der Waals surface area contributed by atoms with Crippen molar-refractivity contribution in [3.63, 3.8) is 0 Å². The average Bonchev–Trinajstić information content (AvgIpc) is 2.37. The van der Waals surface area contributed by atoms with Crippen molar-refractivity contribution >= 4 is 5.97 Å². The molecule has 1 rings (SSSR count). The predicted molar refractivity (Wildman–Crippen MR) is 65.8 cm³/mol.